The zero-order chi connectivity index (χ0) is 19.2. The first kappa shape index (κ1) is 19.4. The van der Waals surface area contributed by atoms with Gasteiger partial charge in [0, 0.05) is 23.3 Å². The van der Waals surface area contributed by atoms with Crippen LogP contribution in [0.15, 0.2) is 11.6 Å². The molecule has 1 unspecified atom stereocenters. The average molecular weight is 364 g/mol. The van der Waals surface area contributed by atoms with Gasteiger partial charge in [0.15, 0.2) is 5.60 Å². The summed E-state index contributed by atoms with van der Waals surface area (Å²) >= 11 is 0. The first-order chi connectivity index (χ1) is 12.2. The van der Waals surface area contributed by atoms with E-state index in [1.165, 1.54) is 0 Å². The van der Waals surface area contributed by atoms with Crippen molar-refractivity contribution in [2.75, 3.05) is 6.61 Å². The van der Waals surface area contributed by atoms with E-state index in [1.807, 2.05) is 6.92 Å². The average Bonchev–Trinajstić information content (AvgIpc) is 2.84. The van der Waals surface area contributed by atoms with Crippen molar-refractivity contribution in [3.63, 3.8) is 0 Å². The minimum Gasteiger partial charge on any atom is -0.459 e. The fraction of sp³-hybridized carbons (Fsp3) is 0.810. The van der Waals surface area contributed by atoms with Crippen LogP contribution in [0.5, 0.6) is 0 Å². The van der Waals surface area contributed by atoms with Gasteiger partial charge in [0.2, 0.25) is 0 Å². The van der Waals surface area contributed by atoms with E-state index in [9.17, 15) is 14.7 Å². The molecule has 3 rings (SSSR count). The van der Waals surface area contributed by atoms with Gasteiger partial charge >= 0.3 is 11.9 Å². The van der Waals surface area contributed by atoms with Crippen LogP contribution in [0.3, 0.4) is 0 Å². The quantitative estimate of drug-likeness (QED) is 0.459. The second-order valence-electron chi connectivity index (χ2n) is 9.13. The Morgan fingerprint density at radius 3 is 2.73 bits per heavy atom. The Bertz CT molecular complexity index is 622. The van der Waals surface area contributed by atoms with Crippen molar-refractivity contribution >= 4 is 11.9 Å². The molecule has 4 atom stereocenters. The smallest absolute Gasteiger partial charge is 0.343 e. The Labute approximate surface area is 156 Å². The van der Waals surface area contributed by atoms with Gasteiger partial charge in [-0.25, -0.2) is 4.79 Å². The maximum Gasteiger partial charge on any atom is 0.343 e. The summed E-state index contributed by atoms with van der Waals surface area (Å²) in [6, 6.07) is 0. The number of aliphatic hydroxyl groups is 1. The van der Waals surface area contributed by atoms with Crippen molar-refractivity contribution in [1.29, 1.82) is 0 Å². The van der Waals surface area contributed by atoms with Crippen LogP contribution in [-0.4, -0.2) is 35.4 Å². The molecule has 0 amide bonds. The maximum absolute atomic E-state index is 12.5. The normalized spacial score (nSPS) is 38.0. The highest BCUT2D eigenvalue weighted by Gasteiger charge is 2.69. The molecule has 0 radical (unpaired) electrons. The second-order valence-corrected chi connectivity index (χ2v) is 9.13. The van der Waals surface area contributed by atoms with Gasteiger partial charge in [-0.05, 0) is 30.8 Å². The fourth-order valence-electron chi connectivity index (χ4n) is 5.68. The van der Waals surface area contributed by atoms with Gasteiger partial charge in [-0.15, -0.1) is 0 Å². The number of unbranched alkanes of at least 4 members (excludes halogenated alkanes) is 2. The minimum atomic E-state index is -1.60. The van der Waals surface area contributed by atoms with Crippen LogP contribution >= 0.6 is 0 Å². The van der Waals surface area contributed by atoms with E-state index in [0.717, 1.165) is 32.1 Å². The summed E-state index contributed by atoms with van der Waals surface area (Å²) in [4.78, 5) is 24.9. The SMILES string of the molecule is CCCCCC(=O)O[C@@H]1C=C2COC(=O)C2(O)[C@@]2(C)CCCC(C)(C)[C@H]12. The minimum absolute atomic E-state index is 0.0853. The summed E-state index contributed by atoms with van der Waals surface area (Å²) in [5.41, 5.74) is -1.88. The molecule has 0 aromatic heterocycles. The van der Waals surface area contributed by atoms with Crippen molar-refractivity contribution in [2.24, 2.45) is 16.7 Å². The molecule has 0 spiro atoms. The molecule has 0 bridgehead atoms. The number of rotatable bonds is 5. The summed E-state index contributed by atoms with van der Waals surface area (Å²) < 4.78 is 11.1. The zero-order valence-electron chi connectivity index (χ0n) is 16.5. The Kier molecular flexibility index (Phi) is 4.97. The van der Waals surface area contributed by atoms with Gasteiger partial charge in [0.25, 0.3) is 0 Å². The third-order valence-electron chi connectivity index (χ3n) is 6.94. The number of hydrogen-bond donors (Lipinski definition) is 1. The molecule has 26 heavy (non-hydrogen) atoms. The molecule has 0 aromatic carbocycles. The Hall–Kier alpha value is -1.36. The van der Waals surface area contributed by atoms with Crippen LogP contribution in [0.4, 0.5) is 0 Å². The second kappa shape index (κ2) is 6.66. The molecular formula is C21H32O5. The van der Waals surface area contributed by atoms with Crippen molar-refractivity contribution < 1.29 is 24.2 Å². The molecular weight excluding hydrogens is 332 g/mol. The highest BCUT2D eigenvalue weighted by atomic mass is 16.6. The van der Waals surface area contributed by atoms with Crippen LogP contribution in [0, 0.1) is 16.7 Å². The largest absolute Gasteiger partial charge is 0.459 e. The summed E-state index contributed by atoms with van der Waals surface area (Å²) in [5.74, 6) is -0.875. The third-order valence-corrected chi connectivity index (χ3v) is 6.94. The van der Waals surface area contributed by atoms with E-state index >= 15 is 0 Å². The molecule has 5 nitrogen and oxygen atoms in total. The Morgan fingerprint density at radius 2 is 2.04 bits per heavy atom. The summed E-state index contributed by atoms with van der Waals surface area (Å²) in [7, 11) is 0. The zero-order valence-corrected chi connectivity index (χ0v) is 16.5. The lowest BCUT2D eigenvalue weighted by Crippen LogP contribution is -2.65. The predicted molar refractivity (Wildman–Crippen MR) is 97.2 cm³/mol. The molecule has 1 saturated carbocycles. The van der Waals surface area contributed by atoms with E-state index in [2.05, 4.69) is 20.8 Å². The molecule has 5 heteroatoms. The highest BCUT2D eigenvalue weighted by molar-refractivity contribution is 5.88. The van der Waals surface area contributed by atoms with Gasteiger partial charge in [0.1, 0.15) is 12.7 Å². The first-order valence-corrected chi connectivity index (χ1v) is 9.97. The summed E-state index contributed by atoms with van der Waals surface area (Å²) in [6.45, 7) is 8.45. The van der Waals surface area contributed by atoms with Crippen LogP contribution in [0.25, 0.3) is 0 Å². The fourth-order valence-corrected chi connectivity index (χ4v) is 5.68. The molecule has 1 saturated heterocycles. The van der Waals surface area contributed by atoms with E-state index in [1.54, 1.807) is 6.08 Å². The standard InChI is InChI=1S/C21H32O5/c1-5-6-7-9-16(22)26-15-12-14-13-25-18(23)21(14,24)20(4)11-8-10-19(2,3)17(15)20/h12,15,17,24H,5-11,13H2,1-4H3/t15-,17+,20+,21?/m1/s1. The van der Waals surface area contributed by atoms with Crippen LogP contribution in [-0.2, 0) is 19.1 Å². The monoisotopic (exact) mass is 364 g/mol. The number of hydrogen-bond acceptors (Lipinski definition) is 5. The number of cyclic esters (lactones) is 1. The van der Waals surface area contributed by atoms with E-state index < -0.39 is 23.1 Å². The van der Waals surface area contributed by atoms with E-state index in [-0.39, 0.29) is 23.9 Å². The number of carbonyl (C=O) groups is 2. The Balaban J connectivity index is 1.95. The van der Waals surface area contributed by atoms with Gasteiger partial charge in [0.05, 0.1) is 0 Å². The lowest BCUT2D eigenvalue weighted by atomic mass is 9.46. The molecule has 146 valence electrons. The van der Waals surface area contributed by atoms with Gasteiger partial charge in [-0.1, -0.05) is 47.0 Å². The number of ether oxygens (including phenoxy) is 2. The molecule has 3 aliphatic rings. The van der Waals surface area contributed by atoms with Crippen LogP contribution in [0.2, 0.25) is 0 Å². The topological polar surface area (TPSA) is 72.8 Å². The lowest BCUT2D eigenvalue weighted by Gasteiger charge is -2.59. The maximum atomic E-state index is 12.5. The molecule has 2 aliphatic carbocycles. The number of esters is 2. The van der Waals surface area contributed by atoms with Crippen molar-refractivity contribution in [1.82, 2.24) is 0 Å². The molecule has 0 aromatic rings. The molecule has 1 heterocycles. The number of fused-ring (bicyclic) bond motifs is 3. The van der Waals surface area contributed by atoms with Gasteiger partial charge in [-0.3, -0.25) is 4.79 Å². The molecule has 2 fully saturated rings. The predicted octanol–water partition coefficient (Wildman–Crippen LogP) is 3.54. The third kappa shape index (κ3) is 2.79. The summed E-state index contributed by atoms with van der Waals surface area (Å²) in [6.07, 6.45) is 7.30. The molecule has 1 N–H and O–H groups in total. The van der Waals surface area contributed by atoms with Crippen LogP contribution < -0.4 is 0 Å². The van der Waals surface area contributed by atoms with E-state index in [0.29, 0.717) is 18.4 Å². The van der Waals surface area contributed by atoms with E-state index in [4.69, 9.17) is 9.47 Å². The van der Waals surface area contributed by atoms with Gasteiger partial charge in [-0.2, -0.15) is 0 Å². The van der Waals surface area contributed by atoms with Gasteiger partial charge < -0.3 is 14.6 Å². The number of carbonyl (C=O) groups excluding carboxylic acids is 2. The molecule has 1 aliphatic heterocycles. The Morgan fingerprint density at radius 1 is 1.31 bits per heavy atom. The van der Waals surface area contributed by atoms with Crippen molar-refractivity contribution in [3.05, 3.63) is 11.6 Å². The first-order valence-electron chi connectivity index (χ1n) is 9.97. The summed E-state index contributed by atoms with van der Waals surface area (Å²) in [5, 5.41) is 11.4. The van der Waals surface area contributed by atoms with Crippen molar-refractivity contribution in [3.8, 4) is 0 Å². The highest BCUT2D eigenvalue weighted by Crippen LogP contribution is 2.63. The van der Waals surface area contributed by atoms with Crippen LogP contribution in [0.1, 0.15) is 72.6 Å². The lowest BCUT2D eigenvalue weighted by molar-refractivity contribution is -0.196. The van der Waals surface area contributed by atoms with Crippen molar-refractivity contribution in [2.45, 2.75) is 84.3 Å².